The zero-order valence-corrected chi connectivity index (χ0v) is 75.8. The summed E-state index contributed by atoms with van der Waals surface area (Å²) >= 11 is 0.943. The minimum Gasteiger partial charge on any atom is -0.508 e. The second-order valence-electron chi connectivity index (χ2n) is 34.2. The number of carbonyl (C=O) groups is 19. The minimum absolute atomic E-state index is 0.0268. The Hall–Kier alpha value is -11.1. The van der Waals surface area contributed by atoms with E-state index in [4.69, 9.17) is 5.73 Å². The number of nitrogens with zero attached hydrogens (tertiary/aromatic N) is 1. The number of benzene rings is 3. The number of amides is 9. The molecule has 0 bridgehead atoms. The van der Waals surface area contributed by atoms with E-state index in [-0.39, 0.29) is 96.7 Å². The first kappa shape index (κ1) is 111. The van der Waals surface area contributed by atoms with Crippen LogP contribution in [-0.2, 0) is 106 Å². The number of carbonyl (C=O) groups excluding carboxylic acids is 16. The Labute approximate surface area is 760 Å². The van der Waals surface area contributed by atoms with Crippen LogP contribution in [0.5, 0.6) is 11.5 Å². The molecule has 38 heteroatoms. The molecule has 1 fully saturated rings. The Morgan fingerprint density at radius 3 is 1.42 bits per heavy atom. The Kier molecular flexibility index (Phi) is 49.5. The average Bonchev–Trinajstić information content (AvgIpc) is 1.10. The van der Waals surface area contributed by atoms with Crippen LogP contribution in [0.4, 0.5) is 4.79 Å². The van der Waals surface area contributed by atoms with Gasteiger partial charge in [-0.1, -0.05) is 126 Å². The van der Waals surface area contributed by atoms with Gasteiger partial charge in [-0.3, -0.25) is 96.0 Å². The minimum atomic E-state index is -1.98. The molecular formula is C92H131N9O28S. The van der Waals surface area contributed by atoms with Crippen LogP contribution in [-0.4, -0.2) is 249 Å². The van der Waals surface area contributed by atoms with E-state index in [0.29, 0.717) is 75.6 Å². The van der Waals surface area contributed by atoms with E-state index in [0.717, 1.165) is 18.7 Å². The molecule has 1 heterocycles. The third-order valence-electron chi connectivity index (χ3n) is 22.9. The maximum Gasteiger partial charge on any atom is 0.304 e. The van der Waals surface area contributed by atoms with Gasteiger partial charge in [0.05, 0.1) is 104 Å². The quantitative estimate of drug-likeness (QED) is 0.0355. The van der Waals surface area contributed by atoms with Crippen molar-refractivity contribution in [3.63, 3.8) is 0 Å². The number of carboxylic acid groups (broad SMARTS) is 3. The number of aliphatic hydroxyl groups excluding tert-OH is 4. The van der Waals surface area contributed by atoms with Gasteiger partial charge < -0.3 is 88.9 Å². The van der Waals surface area contributed by atoms with Gasteiger partial charge >= 0.3 is 17.9 Å². The van der Waals surface area contributed by atoms with Crippen LogP contribution in [0.3, 0.4) is 0 Å². The molecule has 130 heavy (non-hydrogen) atoms. The molecule has 0 spiro atoms. The molecule has 37 nitrogen and oxygen atoms in total. The van der Waals surface area contributed by atoms with Crippen molar-refractivity contribution in [3.05, 3.63) is 95.6 Å². The molecule has 0 unspecified atom stereocenters. The van der Waals surface area contributed by atoms with Gasteiger partial charge in [-0.05, 0) is 138 Å². The van der Waals surface area contributed by atoms with Crippen molar-refractivity contribution in [2.45, 2.75) is 257 Å². The average molecular weight is 1840 g/mol. The molecule has 3 aromatic carbocycles. The van der Waals surface area contributed by atoms with Crippen LogP contribution in [0, 0.1) is 53.3 Å². The first-order valence-corrected chi connectivity index (χ1v) is 45.2. The van der Waals surface area contributed by atoms with Gasteiger partial charge in [0.15, 0.2) is 34.7 Å². The topological polar surface area (TPSA) is 620 Å². The molecule has 0 radical (unpaired) electrons. The van der Waals surface area contributed by atoms with E-state index in [2.05, 4.69) is 37.2 Å². The summed E-state index contributed by atoms with van der Waals surface area (Å²) in [5, 5.41) is 111. The molecule has 718 valence electrons. The summed E-state index contributed by atoms with van der Waals surface area (Å²) in [6.45, 7) is 8.53. The number of nitrogens with one attached hydrogen (secondary N) is 7. The highest BCUT2D eigenvalue weighted by atomic mass is 32.2. The predicted molar refractivity (Wildman–Crippen MR) is 474 cm³/mol. The monoisotopic (exact) mass is 1840 g/mol. The highest BCUT2D eigenvalue weighted by Crippen LogP contribution is 2.28. The van der Waals surface area contributed by atoms with Crippen LogP contribution in [0.15, 0.2) is 78.9 Å². The van der Waals surface area contributed by atoms with Gasteiger partial charge in [0, 0.05) is 82.2 Å². The number of aliphatic carboxylic acids is 3. The molecule has 18 N–H and O–H groups in total. The second kappa shape index (κ2) is 57.9. The van der Waals surface area contributed by atoms with E-state index in [1.165, 1.54) is 60.4 Å². The second-order valence-corrected chi connectivity index (χ2v) is 35.1. The highest BCUT2D eigenvalue weighted by molar-refractivity contribution is 8.14. The number of rotatable bonds is 67. The van der Waals surface area contributed by atoms with Crippen LogP contribution >= 0.6 is 11.8 Å². The highest BCUT2D eigenvalue weighted by Gasteiger charge is 2.41. The number of aliphatic hydroxyl groups is 4. The molecule has 16 atom stereocenters. The van der Waals surface area contributed by atoms with Crippen LogP contribution < -0.4 is 43.0 Å². The maximum absolute atomic E-state index is 14.8. The first-order chi connectivity index (χ1) is 61.5. The Bertz CT molecular complexity index is 4300. The number of nitrogens with two attached hydrogens (primary N) is 1. The summed E-state index contributed by atoms with van der Waals surface area (Å²) in [7, 11) is 0. The standard InChI is InChI=1S/C92H131N9O28S/c1-8-53(4)84(79(114)42-61(36-58-23-28-65(106)29-24-58)87(124)96-71(35-52(2)3)75(110)40-62(44-82(118)119)86(123)95-54(5)19-16-17-33-93)100-89(126)64(49-102)43-76(111)72(38-59-25-30-66(107)31-26-59)97-88(125)63(45-83(120)121)41-77(112)74(50-103)99-91(128)70(56(7)105)47-78(113)73(37-57-20-13-12-14-21-57)98-90(127)69(55(6)104)46-68(109)48-94-85(122)60(27-32-81(116)117)39-67(108)22-15-10-9-11-18-34-101-80(115)51-130-92(101)129/h12-14,20-21,23-26,28-31,52-56,60-64,69-74,84,102-107H,8-11,15-19,22,27,32-51,93H2,1-7H3,(H,94,122)(H,95,123)(H,96,124)(H,97,125)(H,98,127)(H,99,128)(H,100,126)(H,116,117)(H,118,119)(H,120,121)/t53-,54+,55+,56+,60+,61+,62-,63-,64-,69-,70-,71-,72-,73-,74-,84-/m0/s1. The molecule has 3 aromatic rings. The largest absolute Gasteiger partial charge is 0.508 e. The smallest absolute Gasteiger partial charge is 0.304 e. The van der Waals surface area contributed by atoms with Crippen molar-refractivity contribution in [3.8, 4) is 11.5 Å². The summed E-state index contributed by atoms with van der Waals surface area (Å²) in [5.74, 6) is -29.0. The number of hydrogen-bond donors (Lipinski definition) is 17. The Morgan fingerprint density at radius 1 is 0.431 bits per heavy atom. The number of ketones is 7. The molecule has 9 amide bonds. The molecule has 1 saturated heterocycles. The van der Waals surface area contributed by atoms with E-state index < -0.39 is 268 Å². The van der Waals surface area contributed by atoms with Gasteiger partial charge in [-0.2, -0.15) is 0 Å². The predicted octanol–water partition coefficient (Wildman–Crippen LogP) is 4.02. The number of aromatic hydroxyl groups is 2. The molecule has 1 aliphatic heterocycles. The molecule has 4 rings (SSSR count). The molecule has 1 aliphatic rings. The molecule has 0 aromatic heterocycles. The van der Waals surface area contributed by atoms with Crippen molar-refractivity contribution >= 4 is 123 Å². The van der Waals surface area contributed by atoms with Gasteiger partial charge in [0.25, 0.3) is 5.24 Å². The molecule has 0 aliphatic carbocycles. The summed E-state index contributed by atoms with van der Waals surface area (Å²) in [4.78, 5) is 260. The summed E-state index contributed by atoms with van der Waals surface area (Å²) in [6, 6.07) is 10.5. The number of Topliss-reactive ketones (excluding diaryl/α,β-unsaturated/α-hetero) is 7. The van der Waals surface area contributed by atoms with Crippen molar-refractivity contribution in [1.82, 2.24) is 42.1 Å². The third-order valence-corrected chi connectivity index (χ3v) is 23.7. The van der Waals surface area contributed by atoms with E-state index >= 15 is 0 Å². The van der Waals surface area contributed by atoms with E-state index in [1.807, 2.05) is 0 Å². The number of thioether (sulfide) groups is 1. The Balaban J connectivity index is 1.52. The SMILES string of the molecule is CC[C@H](C)[C@H](NC(=O)[C@H](CO)CC(=O)[C@H](Cc1ccc(O)cc1)NC(=O)[C@H](CC(=O)O)CC(=O)[C@H](CO)NC(=O)[C@@H](CC(=O)[C@H](Cc1ccccc1)NC(=O)[C@@H](CC(=O)CNC(=O)[C@H](CCC(=O)O)CC(=O)CCCCCCCN1C(=O)CSC1=O)[C@@H](C)O)[C@@H](C)O)C(=O)C[C@@H](Cc1ccc(O)cc1)C(=O)N[C@@H](CC(C)C)C(=O)C[C@@H](CC(=O)O)C(=O)N[C@H](C)CCCCN. The maximum atomic E-state index is 14.8. The van der Waals surface area contributed by atoms with Crippen molar-refractivity contribution < 1.29 is 137 Å². The zero-order valence-electron chi connectivity index (χ0n) is 75.0. The molecular weight excluding hydrogens is 1710 g/mol. The van der Waals surface area contributed by atoms with E-state index in [1.54, 1.807) is 65.0 Å². The van der Waals surface area contributed by atoms with Crippen LogP contribution in [0.25, 0.3) is 0 Å². The fourth-order valence-electron chi connectivity index (χ4n) is 15.0. The van der Waals surface area contributed by atoms with Crippen molar-refractivity contribution in [2.75, 3.05) is 38.6 Å². The number of unbranched alkanes of at least 4 members (excludes halogenated alkanes) is 5. The fourth-order valence-corrected chi connectivity index (χ4v) is 15.7. The van der Waals surface area contributed by atoms with Crippen molar-refractivity contribution in [2.24, 2.45) is 59.0 Å². The number of phenolic OH excluding ortho intramolecular Hbond substituents is 2. The number of imide groups is 1. The number of hydrogen-bond acceptors (Lipinski definition) is 27. The molecule has 0 saturated carbocycles. The van der Waals surface area contributed by atoms with Crippen LogP contribution in [0.2, 0.25) is 0 Å². The first-order valence-electron chi connectivity index (χ1n) is 44.2. The van der Waals surface area contributed by atoms with E-state index in [9.17, 15) is 137 Å². The zero-order chi connectivity index (χ0) is 97.0. The Morgan fingerprint density at radius 2 is 0.900 bits per heavy atom. The summed E-state index contributed by atoms with van der Waals surface area (Å²) in [6.07, 6.45) is -6.72. The van der Waals surface area contributed by atoms with Crippen LogP contribution in [0.1, 0.15) is 206 Å². The summed E-state index contributed by atoms with van der Waals surface area (Å²) < 4.78 is 0. The third kappa shape index (κ3) is 40.5. The number of phenols is 2. The van der Waals surface area contributed by atoms with Crippen molar-refractivity contribution in [1.29, 1.82) is 0 Å². The number of carboxylic acids is 3. The fraction of sp³-hybridized carbons (Fsp3) is 0.598. The lowest BCUT2D eigenvalue weighted by Gasteiger charge is -2.28. The lowest BCUT2D eigenvalue weighted by Crippen LogP contribution is -2.52. The van der Waals surface area contributed by atoms with Gasteiger partial charge in [0.1, 0.15) is 23.3 Å². The van der Waals surface area contributed by atoms with Gasteiger partial charge in [0.2, 0.25) is 47.3 Å². The lowest BCUT2D eigenvalue weighted by atomic mass is 9.85. The lowest BCUT2D eigenvalue weighted by molar-refractivity contribution is -0.143. The van der Waals surface area contributed by atoms with Gasteiger partial charge in [-0.15, -0.1) is 0 Å². The normalized spacial score (nSPS) is 15.7. The summed E-state index contributed by atoms with van der Waals surface area (Å²) in [5.41, 5.74) is 6.79. The van der Waals surface area contributed by atoms with Gasteiger partial charge in [-0.25, -0.2) is 0 Å².